The molecule has 0 aliphatic rings. The van der Waals surface area contributed by atoms with Gasteiger partial charge in [-0.25, -0.2) is 14.5 Å². The predicted molar refractivity (Wildman–Crippen MR) is 75.2 cm³/mol. The van der Waals surface area contributed by atoms with Crippen molar-refractivity contribution in [3.63, 3.8) is 0 Å². The topological polar surface area (TPSA) is 68.0 Å². The standard InChI is InChI=1S/C13H12BrN3O2/c1-8-15-9(2)17(16-8)11-5-3-10(12(14)7-11)4-6-13(18)19/h3-7H,1-2H3,(H,18,19)/b6-4+. The fraction of sp³-hybridized carbons (Fsp3) is 0.154. The minimum atomic E-state index is -0.973. The predicted octanol–water partition coefficient (Wildman–Crippen LogP) is 2.74. The van der Waals surface area contributed by atoms with Crippen molar-refractivity contribution in [1.82, 2.24) is 14.8 Å². The lowest BCUT2D eigenvalue weighted by atomic mass is 10.2. The first-order valence-electron chi connectivity index (χ1n) is 5.58. The van der Waals surface area contributed by atoms with E-state index in [1.807, 2.05) is 32.0 Å². The monoisotopic (exact) mass is 321 g/mol. The average Bonchev–Trinajstić information content (AvgIpc) is 2.66. The van der Waals surface area contributed by atoms with Gasteiger partial charge in [0.25, 0.3) is 0 Å². The largest absolute Gasteiger partial charge is 0.478 e. The molecule has 0 radical (unpaired) electrons. The van der Waals surface area contributed by atoms with Crippen LogP contribution in [-0.2, 0) is 4.79 Å². The van der Waals surface area contributed by atoms with Crippen LogP contribution < -0.4 is 0 Å². The number of aryl methyl sites for hydroxylation is 2. The average molecular weight is 322 g/mol. The molecule has 0 bridgehead atoms. The van der Waals surface area contributed by atoms with E-state index in [9.17, 15) is 4.79 Å². The lowest BCUT2D eigenvalue weighted by Crippen LogP contribution is -1.99. The number of benzene rings is 1. The summed E-state index contributed by atoms with van der Waals surface area (Å²) >= 11 is 3.42. The van der Waals surface area contributed by atoms with Gasteiger partial charge in [-0.05, 0) is 37.6 Å². The van der Waals surface area contributed by atoms with Crippen LogP contribution in [-0.4, -0.2) is 25.8 Å². The molecule has 0 aliphatic heterocycles. The maximum Gasteiger partial charge on any atom is 0.328 e. The smallest absolute Gasteiger partial charge is 0.328 e. The molecule has 1 N–H and O–H groups in total. The van der Waals surface area contributed by atoms with Crippen molar-refractivity contribution >= 4 is 28.0 Å². The molecule has 0 aliphatic carbocycles. The molecule has 0 atom stereocenters. The van der Waals surface area contributed by atoms with E-state index >= 15 is 0 Å². The molecule has 19 heavy (non-hydrogen) atoms. The van der Waals surface area contributed by atoms with Gasteiger partial charge in [0.1, 0.15) is 11.6 Å². The van der Waals surface area contributed by atoms with E-state index in [-0.39, 0.29) is 0 Å². The summed E-state index contributed by atoms with van der Waals surface area (Å²) in [6.07, 6.45) is 2.64. The van der Waals surface area contributed by atoms with Crippen molar-refractivity contribution in [2.24, 2.45) is 0 Å². The van der Waals surface area contributed by atoms with E-state index in [0.29, 0.717) is 5.82 Å². The van der Waals surface area contributed by atoms with E-state index in [4.69, 9.17) is 5.11 Å². The molecular formula is C13H12BrN3O2. The zero-order valence-electron chi connectivity index (χ0n) is 10.5. The third kappa shape index (κ3) is 3.08. The molecule has 6 heteroatoms. The zero-order valence-corrected chi connectivity index (χ0v) is 12.0. The summed E-state index contributed by atoms with van der Waals surface area (Å²) in [5, 5.41) is 12.9. The van der Waals surface area contributed by atoms with E-state index < -0.39 is 5.97 Å². The molecule has 5 nitrogen and oxygen atoms in total. The van der Waals surface area contributed by atoms with Crippen LogP contribution in [0, 0.1) is 13.8 Å². The number of nitrogens with zero attached hydrogens (tertiary/aromatic N) is 3. The molecule has 1 aromatic heterocycles. The van der Waals surface area contributed by atoms with Crippen LogP contribution >= 0.6 is 15.9 Å². The number of aromatic nitrogens is 3. The van der Waals surface area contributed by atoms with Crippen LogP contribution in [0.2, 0.25) is 0 Å². The number of hydrogen-bond donors (Lipinski definition) is 1. The molecular weight excluding hydrogens is 310 g/mol. The van der Waals surface area contributed by atoms with E-state index in [1.54, 1.807) is 4.68 Å². The molecule has 0 fully saturated rings. The number of aliphatic carboxylic acids is 1. The Balaban J connectivity index is 2.39. The van der Waals surface area contributed by atoms with Crippen LogP contribution in [0.1, 0.15) is 17.2 Å². The number of carbonyl (C=O) groups is 1. The Labute approximate surface area is 118 Å². The summed E-state index contributed by atoms with van der Waals surface area (Å²) < 4.78 is 2.54. The molecule has 0 amide bonds. The third-order valence-electron chi connectivity index (χ3n) is 2.51. The highest BCUT2D eigenvalue weighted by Gasteiger charge is 2.06. The highest BCUT2D eigenvalue weighted by atomic mass is 79.9. The van der Waals surface area contributed by atoms with Crippen LogP contribution in [0.25, 0.3) is 11.8 Å². The quantitative estimate of drug-likeness (QED) is 0.882. The van der Waals surface area contributed by atoms with Crippen LogP contribution in [0.5, 0.6) is 0 Å². The molecule has 1 aromatic carbocycles. The van der Waals surface area contributed by atoms with Gasteiger partial charge in [-0.2, -0.15) is 5.10 Å². The Kier molecular flexibility index (Phi) is 3.80. The van der Waals surface area contributed by atoms with Crippen molar-refractivity contribution < 1.29 is 9.90 Å². The molecule has 0 spiro atoms. The lowest BCUT2D eigenvalue weighted by molar-refractivity contribution is -0.131. The summed E-state index contributed by atoms with van der Waals surface area (Å²) in [4.78, 5) is 14.7. The van der Waals surface area contributed by atoms with Gasteiger partial charge in [-0.3, -0.25) is 0 Å². The Morgan fingerprint density at radius 2 is 2.16 bits per heavy atom. The van der Waals surface area contributed by atoms with Gasteiger partial charge in [0, 0.05) is 10.5 Å². The van der Waals surface area contributed by atoms with Gasteiger partial charge < -0.3 is 5.11 Å². The lowest BCUT2D eigenvalue weighted by Gasteiger charge is -2.05. The van der Waals surface area contributed by atoms with Crippen molar-refractivity contribution in [3.05, 3.63) is 46.0 Å². The van der Waals surface area contributed by atoms with Crippen LogP contribution in [0.15, 0.2) is 28.7 Å². The fourth-order valence-electron chi connectivity index (χ4n) is 1.71. The van der Waals surface area contributed by atoms with Gasteiger partial charge in [0.2, 0.25) is 0 Å². The normalized spacial score (nSPS) is 11.1. The molecule has 2 aromatic rings. The molecule has 0 saturated carbocycles. The number of hydrogen-bond acceptors (Lipinski definition) is 3. The highest BCUT2D eigenvalue weighted by molar-refractivity contribution is 9.10. The summed E-state index contributed by atoms with van der Waals surface area (Å²) in [6, 6.07) is 5.57. The summed E-state index contributed by atoms with van der Waals surface area (Å²) in [5.74, 6) is 0.542. The Bertz CT molecular complexity index is 662. The van der Waals surface area contributed by atoms with E-state index in [0.717, 1.165) is 27.6 Å². The molecule has 2 rings (SSSR count). The van der Waals surface area contributed by atoms with Crippen molar-refractivity contribution in [1.29, 1.82) is 0 Å². The van der Waals surface area contributed by atoms with Crippen molar-refractivity contribution in [2.45, 2.75) is 13.8 Å². The minimum absolute atomic E-state index is 0.712. The molecule has 0 saturated heterocycles. The maximum atomic E-state index is 10.5. The number of halogens is 1. The first kappa shape index (κ1) is 13.5. The number of carboxylic acids is 1. The highest BCUT2D eigenvalue weighted by Crippen LogP contribution is 2.22. The fourth-order valence-corrected chi connectivity index (χ4v) is 2.21. The Morgan fingerprint density at radius 3 is 2.68 bits per heavy atom. The third-order valence-corrected chi connectivity index (χ3v) is 3.20. The van der Waals surface area contributed by atoms with Gasteiger partial charge in [0.15, 0.2) is 0 Å². The van der Waals surface area contributed by atoms with Crippen molar-refractivity contribution in [3.8, 4) is 5.69 Å². The Hall–Kier alpha value is -1.95. The maximum absolute atomic E-state index is 10.5. The SMILES string of the molecule is Cc1nc(C)n(-c2ccc(/C=C/C(=O)O)c(Br)c2)n1. The first-order chi connectivity index (χ1) is 8.97. The second-order valence-corrected chi connectivity index (χ2v) is 4.85. The van der Waals surface area contributed by atoms with E-state index in [1.165, 1.54) is 6.08 Å². The summed E-state index contributed by atoms with van der Waals surface area (Å²) in [5.41, 5.74) is 1.66. The Morgan fingerprint density at radius 1 is 1.42 bits per heavy atom. The van der Waals surface area contributed by atoms with Gasteiger partial charge >= 0.3 is 5.97 Å². The molecule has 1 heterocycles. The second kappa shape index (κ2) is 5.36. The van der Waals surface area contributed by atoms with Crippen LogP contribution in [0.4, 0.5) is 0 Å². The zero-order chi connectivity index (χ0) is 14.0. The second-order valence-electron chi connectivity index (χ2n) is 4.00. The number of rotatable bonds is 3. The van der Waals surface area contributed by atoms with Gasteiger partial charge in [-0.15, -0.1) is 0 Å². The van der Waals surface area contributed by atoms with Gasteiger partial charge in [-0.1, -0.05) is 22.0 Å². The van der Waals surface area contributed by atoms with Crippen molar-refractivity contribution in [2.75, 3.05) is 0 Å². The minimum Gasteiger partial charge on any atom is -0.478 e. The first-order valence-corrected chi connectivity index (χ1v) is 6.38. The number of carboxylic acid groups (broad SMARTS) is 1. The molecule has 98 valence electrons. The van der Waals surface area contributed by atoms with Crippen LogP contribution in [0.3, 0.4) is 0 Å². The molecule has 0 unspecified atom stereocenters. The summed E-state index contributed by atoms with van der Waals surface area (Å²) in [7, 11) is 0. The summed E-state index contributed by atoms with van der Waals surface area (Å²) in [6.45, 7) is 3.72. The van der Waals surface area contributed by atoms with Gasteiger partial charge in [0.05, 0.1) is 5.69 Å². The van der Waals surface area contributed by atoms with E-state index in [2.05, 4.69) is 26.0 Å².